The molecule has 2 aromatic heterocycles. The lowest BCUT2D eigenvalue weighted by Gasteiger charge is -2.21. The fraction of sp³-hybridized carbons (Fsp3) is 0.182. The quantitative estimate of drug-likeness (QED) is 0.427. The monoisotopic (exact) mass is 374 g/mol. The number of benzene rings is 2. The molecule has 2 heterocycles. The predicted octanol–water partition coefficient (Wildman–Crippen LogP) is 5.58. The first-order valence-corrected chi connectivity index (χ1v) is 10.0. The van der Waals surface area contributed by atoms with Crippen LogP contribution >= 0.6 is 11.8 Å². The van der Waals surface area contributed by atoms with Crippen LogP contribution in [0.3, 0.4) is 0 Å². The summed E-state index contributed by atoms with van der Waals surface area (Å²) >= 11 is 1.85. The third kappa shape index (κ3) is 3.55. The van der Waals surface area contributed by atoms with Gasteiger partial charge in [-0.3, -0.25) is 0 Å². The first-order chi connectivity index (χ1) is 13.2. The van der Waals surface area contributed by atoms with Crippen molar-refractivity contribution < 1.29 is 0 Å². The number of fused-ring (bicyclic) bond motifs is 1. The fourth-order valence-electron chi connectivity index (χ4n) is 3.14. The van der Waals surface area contributed by atoms with Gasteiger partial charge >= 0.3 is 0 Å². The van der Waals surface area contributed by atoms with Gasteiger partial charge in [-0.1, -0.05) is 31.2 Å². The van der Waals surface area contributed by atoms with Gasteiger partial charge in [0.25, 0.3) is 0 Å². The minimum Gasteiger partial charge on any atom is -0.329 e. The second kappa shape index (κ2) is 7.45. The molecule has 4 aromatic rings. The Hall–Kier alpha value is -2.79. The van der Waals surface area contributed by atoms with Crippen molar-refractivity contribution in [3.05, 3.63) is 72.4 Å². The van der Waals surface area contributed by atoms with Gasteiger partial charge in [0, 0.05) is 35.3 Å². The van der Waals surface area contributed by atoms with Gasteiger partial charge in [0.05, 0.1) is 11.9 Å². The summed E-state index contributed by atoms with van der Waals surface area (Å²) in [4.78, 5) is 8.24. The highest BCUT2D eigenvalue weighted by molar-refractivity contribution is 7.99. The van der Waals surface area contributed by atoms with Crippen LogP contribution in [0.25, 0.3) is 16.9 Å². The molecule has 0 amide bonds. The Morgan fingerprint density at radius 1 is 1.04 bits per heavy atom. The Bertz CT molecular complexity index is 1070. The van der Waals surface area contributed by atoms with Crippen molar-refractivity contribution in [2.45, 2.75) is 18.7 Å². The molecular weight excluding hydrogens is 352 g/mol. The molecular formula is C22H22N4S. The zero-order valence-electron chi connectivity index (χ0n) is 15.8. The van der Waals surface area contributed by atoms with Crippen LogP contribution in [0.1, 0.15) is 12.5 Å². The van der Waals surface area contributed by atoms with Gasteiger partial charge in [-0.2, -0.15) is 9.61 Å². The minimum absolute atomic E-state index is 0.842. The Balaban J connectivity index is 1.80. The average Bonchev–Trinajstić information content (AvgIpc) is 3.16. The van der Waals surface area contributed by atoms with Crippen molar-refractivity contribution in [3.63, 3.8) is 0 Å². The summed E-state index contributed by atoms with van der Waals surface area (Å²) in [5.74, 6) is 2.06. The van der Waals surface area contributed by atoms with Crippen molar-refractivity contribution in [1.82, 2.24) is 14.6 Å². The zero-order valence-corrected chi connectivity index (χ0v) is 16.6. The number of hydrogen-bond donors (Lipinski definition) is 0. The van der Waals surface area contributed by atoms with Crippen LogP contribution in [0.5, 0.6) is 0 Å². The molecule has 0 aliphatic rings. The highest BCUT2D eigenvalue weighted by Gasteiger charge is 2.13. The second-order valence-electron chi connectivity index (χ2n) is 6.46. The van der Waals surface area contributed by atoms with Crippen molar-refractivity contribution >= 4 is 28.9 Å². The van der Waals surface area contributed by atoms with Gasteiger partial charge in [0.15, 0.2) is 5.65 Å². The number of rotatable bonds is 5. The Morgan fingerprint density at radius 2 is 1.85 bits per heavy atom. The van der Waals surface area contributed by atoms with Gasteiger partial charge in [0.2, 0.25) is 0 Å². The minimum atomic E-state index is 0.842. The van der Waals surface area contributed by atoms with Crippen molar-refractivity contribution in [1.29, 1.82) is 0 Å². The van der Waals surface area contributed by atoms with E-state index in [1.165, 1.54) is 10.5 Å². The molecule has 0 aliphatic carbocycles. The topological polar surface area (TPSA) is 33.4 Å². The lowest BCUT2D eigenvalue weighted by molar-refractivity contribution is 0.913. The van der Waals surface area contributed by atoms with E-state index >= 15 is 0 Å². The molecule has 5 heteroatoms. The molecule has 4 rings (SSSR count). The van der Waals surface area contributed by atoms with Crippen molar-refractivity contribution in [3.8, 4) is 11.3 Å². The molecule has 0 fully saturated rings. The maximum atomic E-state index is 4.80. The van der Waals surface area contributed by atoms with Crippen LogP contribution in [0, 0.1) is 6.92 Å². The molecule has 4 nitrogen and oxygen atoms in total. The van der Waals surface area contributed by atoms with Gasteiger partial charge < -0.3 is 4.90 Å². The SMILES string of the molecule is CCSc1ccc(-c2cc(N(C)c3cccc(C)c3)n3nccc3n2)cc1. The fourth-order valence-corrected chi connectivity index (χ4v) is 3.80. The summed E-state index contributed by atoms with van der Waals surface area (Å²) < 4.78 is 1.88. The third-order valence-electron chi connectivity index (χ3n) is 4.53. The lowest BCUT2D eigenvalue weighted by atomic mass is 10.1. The molecule has 0 saturated heterocycles. The Kier molecular flexibility index (Phi) is 4.86. The van der Waals surface area contributed by atoms with Crippen LogP contribution in [0.4, 0.5) is 11.5 Å². The predicted molar refractivity (Wildman–Crippen MR) is 114 cm³/mol. The number of hydrogen-bond acceptors (Lipinski definition) is 4. The molecule has 0 bridgehead atoms. The zero-order chi connectivity index (χ0) is 18.8. The van der Waals surface area contributed by atoms with E-state index in [0.29, 0.717) is 0 Å². The standard InChI is InChI=1S/C22H22N4S/c1-4-27-19-10-8-17(9-11-19)20-15-22(26-21(24-20)12-13-23-26)25(3)18-7-5-6-16(2)14-18/h5-15H,4H2,1-3H3. The van der Waals surface area contributed by atoms with Crippen LogP contribution in [0.15, 0.2) is 71.8 Å². The van der Waals surface area contributed by atoms with E-state index in [-0.39, 0.29) is 0 Å². The van der Waals surface area contributed by atoms with Crippen molar-refractivity contribution in [2.75, 3.05) is 17.7 Å². The summed E-state index contributed by atoms with van der Waals surface area (Å²) in [7, 11) is 2.07. The van der Waals surface area contributed by atoms with Crippen molar-refractivity contribution in [2.24, 2.45) is 0 Å². The summed E-state index contributed by atoms with van der Waals surface area (Å²) in [6.45, 7) is 4.27. The largest absolute Gasteiger partial charge is 0.329 e. The van der Waals surface area contributed by atoms with E-state index in [1.807, 2.05) is 22.3 Å². The molecule has 0 spiro atoms. The summed E-state index contributed by atoms with van der Waals surface area (Å²) in [5.41, 5.74) is 5.26. The second-order valence-corrected chi connectivity index (χ2v) is 7.79. The van der Waals surface area contributed by atoms with Crippen LogP contribution in [0.2, 0.25) is 0 Å². The van der Waals surface area contributed by atoms with E-state index in [9.17, 15) is 0 Å². The van der Waals surface area contributed by atoms with E-state index in [1.54, 1.807) is 6.20 Å². The van der Waals surface area contributed by atoms with Crippen LogP contribution in [-0.4, -0.2) is 27.4 Å². The Labute approximate surface area is 163 Å². The van der Waals surface area contributed by atoms with Crippen LogP contribution in [-0.2, 0) is 0 Å². The summed E-state index contributed by atoms with van der Waals surface area (Å²) in [6, 6.07) is 21.1. The average molecular weight is 375 g/mol. The highest BCUT2D eigenvalue weighted by Crippen LogP contribution is 2.29. The molecule has 2 aromatic carbocycles. The number of nitrogens with zero attached hydrogens (tertiary/aromatic N) is 4. The first-order valence-electron chi connectivity index (χ1n) is 9.04. The molecule has 0 aliphatic heterocycles. The molecule has 0 saturated carbocycles. The highest BCUT2D eigenvalue weighted by atomic mass is 32.2. The van der Waals surface area contributed by atoms with Gasteiger partial charge in [-0.05, 0) is 42.5 Å². The lowest BCUT2D eigenvalue weighted by Crippen LogP contribution is -2.14. The van der Waals surface area contributed by atoms with E-state index in [2.05, 4.69) is 85.5 Å². The molecule has 0 unspecified atom stereocenters. The van der Waals surface area contributed by atoms with E-state index in [4.69, 9.17) is 4.98 Å². The number of aryl methyl sites for hydroxylation is 1. The summed E-state index contributed by atoms with van der Waals surface area (Å²) in [5, 5.41) is 4.47. The summed E-state index contributed by atoms with van der Waals surface area (Å²) in [6.07, 6.45) is 1.79. The Morgan fingerprint density at radius 3 is 2.59 bits per heavy atom. The number of thioether (sulfide) groups is 1. The maximum Gasteiger partial charge on any atom is 0.158 e. The van der Waals surface area contributed by atoms with E-state index in [0.717, 1.165) is 34.2 Å². The first kappa shape index (κ1) is 17.6. The number of aromatic nitrogens is 3. The smallest absolute Gasteiger partial charge is 0.158 e. The molecule has 136 valence electrons. The molecule has 0 atom stereocenters. The normalized spacial score (nSPS) is 11.1. The maximum absolute atomic E-state index is 4.80. The van der Waals surface area contributed by atoms with Gasteiger partial charge in [-0.15, -0.1) is 11.8 Å². The number of anilines is 2. The van der Waals surface area contributed by atoms with Gasteiger partial charge in [0.1, 0.15) is 5.82 Å². The molecule has 27 heavy (non-hydrogen) atoms. The van der Waals surface area contributed by atoms with E-state index < -0.39 is 0 Å². The van der Waals surface area contributed by atoms with Gasteiger partial charge in [-0.25, -0.2) is 4.98 Å². The van der Waals surface area contributed by atoms with Crippen LogP contribution < -0.4 is 4.90 Å². The third-order valence-corrected chi connectivity index (χ3v) is 5.43. The molecule has 0 radical (unpaired) electrons. The molecule has 0 N–H and O–H groups in total.